The summed E-state index contributed by atoms with van der Waals surface area (Å²) in [6.45, 7) is 4.80. The maximum Gasteiger partial charge on any atom is 0.164 e. The first-order valence-corrected chi connectivity index (χ1v) is 9.74. The van der Waals surface area contributed by atoms with E-state index in [-0.39, 0.29) is 0 Å². The Kier molecular flexibility index (Phi) is 5.52. The third-order valence-electron chi connectivity index (χ3n) is 6.32. The summed E-state index contributed by atoms with van der Waals surface area (Å²) < 4.78 is 11.0. The highest BCUT2D eigenvalue weighted by molar-refractivity contribution is 7.10. The summed E-state index contributed by atoms with van der Waals surface area (Å²) in [6, 6.07) is 4.47. The van der Waals surface area contributed by atoms with E-state index in [1.54, 1.807) is 7.11 Å². The van der Waals surface area contributed by atoms with Crippen LogP contribution in [-0.4, -0.2) is 7.11 Å². The zero-order valence-corrected chi connectivity index (χ0v) is 16.0. The van der Waals surface area contributed by atoms with Gasteiger partial charge in [0.1, 0.15) is 0 Å². The fourth-order valence-electron chi connectivity index (χ4n) is 5.08. The van der Waals surface area contributed by atoms with Gasteiger partial charge >= 0.3 is 0 Å². The zero-order valence-electron chi connectivity index (χ0n) is 14.8. The summed E-state index contributed by atoms with van der Waals surface area (Å²) in [6.07, 6.45) is 9.37. The van der Waals surface area contributed by atoms with E-state index < -0.39 is 0 Å². The van der Waals surface area contributed by atoms with Crippen molar-refractivity contribution in [2.45, 2.75) is 64.7 Å². The van der Waals surface area contributed by atoms with Crippen molar-refractivity contribution in [1.29, 1.82) is 0 Å². The molecule has 3 heteroatoms. The number of methoxy groups -OCH3 is 1. The van der Waals surface area contributed by atoms with Crippen LogP contribution in [0, 0.1) is 17.8 Å². The molecule has 0 aliphatic heterocycles. The van der Waals surface area contributed by atoms with E-state index in [1.165, 1.54) is 56.1 Å². The minimum atomic E-state index is 0.726. The lowest BCUT2D eigenvalue weighted by Crippen LogP contribution is -2.35. The van der Waals surface area contributed by atoms with Gasteiger partial charge in [-0.25, -0.2) is 0 Å². The van der Waals surface area contributed by atoms with Gasteiger partial charge in [0.15, 0.2) is 11.5 Å². The monoisotopic (exact) mass is 334 g/mol. The summed E-state index contributed by atoms with van der Waals surface area (Å²) in [5.41, 5.74) is 3.02. The van der Waals surface area contributed by atoms with E-state index in [1.807, 2.05) is 0 Å². The van der Waals surface area contributed by atoms with Crippen LogP contribution < -0.4 is 9.26 Å². The van der Waals surface area contributed by atoms with Gasteiger partial charge in [-0.05, 0) is 79.0 Å². The molecule has 1 saturated carbocycles. The fourth-order valence-corrected chi connectivity index (χ4v) is 5.27. The molecule has 1 fully saturated rings. The zero-order chi connectivity index (χ0) is 16.4. The summed E-state index contributed by atoms with van der Waals surface area (Å²) in [4.78, 5) is 0. The highest BCUT2D eigenvalue weighted by atomic mass is 31.0. The van der Waals surface area contributed by atoms with Gasteiger partial charge in [0.2, 0.25) is 0 Å². The van der Waals surface area contributed by atoms with Gasteiger partial charge in [0.25, 0.3) is 0 Å². The predicted molar refractivity (Wildman–Crippen MR) is 99.3 cm³/mol. The van der Waals surface area contributed by atoms with Gasteiger partial charge in [-0.3, -0.25) is 0 Å². The molecule has 5 atom stereocenters. The number of ether oxygens (including phenoxy) is 1. The van der Waals surface area contributed by atoms with E-state index in [4.69, 9.17) is 9.26 Å². The average molecular weight is 334 g/mol. The molecule has 3 rings (SSSR count). The Hall–Kier alpha value is -0.750. The van der Waals surface area contributed by atoms with Gasteiger partial charge in [-0.2, -0.15) is 0 Å². The lowest BCUT2D eigenvalue weighted by atomic mass is 9.59. The van der Waals surface area contributed by atoms with Crippen LogP contribution in [0.2, 0.25) is 0 Å². The first-order valence-electron chi connectivity index (χ1n) is 9.27. The minimum Gasteiger partial charge on any atom is -0.493 e. The standard InChI is InChI=1S/C20H31O2P/c1-4-5-6-15-13(2)7-9-17-16(15)10-8-14-11-20(22-23)19(21-3)12-18(14)17/h11-13,15-17H,4-10,23H2,1-3H3. The van der Waals surface area contributed by atoms with Crippen molar-refractivity contribution in [3.63, 3.8) is 0 Å². The topological polar surface area (TPSA) is 18.5 Å². The summed E-state index contributed by atoms with van der Waals surface area (Å²) in [5, 5.41) is 0. The quantitative estimate of drug-likeness (QED) is 0.639. The van der Waals surface area contributed by atoms with Crippen LogP contribution in [0.1, 0.15) is 69.4 Å². The summed E-state index contributed by atoms with van der Waals surface area (Å²) >= 11 is 0. The van der Waals surface area contributed by atoms with Crippen LogP contribution in [0.3, 0.4) is 0 Å². The predicted octanol–water partition coefficient (Wildman–Crippen LogP) is 5.75. The van der Waals surface area contributed by atoms with E-state index in [9.17, 15) is 0 Å². The molecule has 1 aromatic rings. The number of fused-ring (bicyclic) bond motifs is 3. The maximum atomic E-state index is 5.56. The average Bonchev–Trinajstić information content (AvgIpc) is 2.59. The Balaban J connectivity index is 1.91. The SMILES string of the molecule is CCCCC1C(C)CCC2c3cc(OC)c(OP)cc3CCC21. The second-order valence-corrected chi connectivity index (χ2v) is 7.73. The van der Waals surface area contributed by atoms with Crippen LogP contribution in [0.25, 0.3) is 0 Å². The Morgan fingerprint density at radius 3 is 2.70 bits per heavy atom. The number of aryl methyl sites for hydroxylation is 1. The lowest BCUT2D eigenvalue weighted by molar-refractivity contribution is 0.112. The Bertz CT molecular complexity index is 543. The van der Waals surface area contributed by atoms with Crippen molar-refractivity contribution in [2.24, 2.45) is 17.8 Å². The lowest BCUT2D eigenvalue weighted by Gasteiger charge is -2.46. The van der Waals surface area contributed by atoms with Gasteiger partial charge in [-0.15, -0.1) is 0 Å². The molecule has 0 saturated heterocycles. The Morgan fingerprint density at radius 2 is 2.00 bits per heavy atom. The number of hydrogen-bond acceptors (Lipinski definition) is 2. The van der Waals surface area contributed by atoms with Crippen molar-refractivity contribution >= 4 is 9.47 Å². The van der Waals surface area contributed by atoms with Crippen LogP contribution in [0.4, 0.5) is 0 Å². The molecule has 5 unspecified atom stereocenters. The van der Waals surface area contributed by atoms with E-state index in [0.717, 1.165) is 35.2 Å². The highest BCUT2D eigenvalue weighted by Crippen LogP contribution is 2.52. The van der Waals surface area contributed by atoms with E-state index >= 15 is 0 Å². The molecule has 2 nitrogen and oxygen atoms in total. The molecule has 0 heterocycles. The number of benzene rings is 1. The molecule has 0 amide bonds. The summed E-state index contributed by atoms with van der Waals surface area (Å²) in [7, 11) is 4.09. The minimum absolute atomic E-state index is 0.726. The van der Waals surface area contributed by atoms with Crippen molar-refractivity contribution in [3.8, 4) is 11.5 Å². The molecule has 0 spiro atoms. The number of rotatable bonds is 5. The third-order valence-corrected chi connectivity index (χ3v) is 6.57. The van der Waals surface area contributed by atoms with Crippen LogP contribution in [0.15, 0.2) is 12.1 Å². The molecular weight excluding hydrogens is 303 g/mol. The fraction of sp³-hybridized carbons (Fsp3) is 0.700. The van der Waals surface area contributed by atoms with Gasteiger partial charge in [-0.1, -0.05) is 26.7 Å². The first-order chi connectivity index (χ1) is 11.2. The van der Waals surface area contributed by atoms with Crippen molar-refractivity contribution in [2.75, 3.05) is 7.11 Å². The maximum absolute atomic E-state index is 5.56. The number of hydrogen-bond donors (Lipinski definition) is 0. The highest BCUT2D eigenvalue weighted by Gasteiger charge is 2.40. The molecule has 0 bridgehead atoms. The number of unbranched alkanes of at least 4 members (excludes halogenated alkanes) is 1. The summed E-state index contributed by atoms with van der Waals surface area (Å²) in [5.74, 6) is 5.12. The van der Waals surface area contributed by atoms with E-state index in [0.29, 0.717) is 0 Å². The molecular formula is C20H31O2P. The van der Waals surface area contributed by atoms with Crippen LogP contribution in [0.5, 0.6) is 11.5 Å². The van der Waals surface area contributed by atoms with Crippen molar-refractivity contribution in [3.05, 3.63) is 23.3 Å². The smallest absolute Gasteiger partial charge is 0.164 e. The van der Waals surface area contributed by atoms with Gasteiger partial charge < -0.3 is 9.26 Å². The third kappa shape index (κ3) is 3.25. The van der Waals surface area contributed by atoms with Crippen LogP contribution >= 0.6 is 9.47 Å². The Labute approximate surface area is 143 Å². The Morgan fingerprint density at radius 1 is 1.17 bits per heavy atom. The second kappa shape index (κ2) is 7.43. The van der Waals surface area contributed by atoms with Gasteiger partial charge in [0.05, 0.1) is 16.6 Å². The first kappa shape index (κ1) is 17.1. The molecule has 0 aromatic heterocycles. The molecule has 0 N–H and O–H groups in total. The molecule has 128 valence electrons. The normalized spacial score (nSPS) is 29.6. The van der Waals surface area contributed by atoms with E-state index in [2.05, 4.69) is 35.4 Å². The largest absolute Gasteiger partial charge is 0.493 e. The van der Waals surface area contributed by atoms with Gasteiger partial charge in [0, 0.05) is 0 Å². The van der Waals surface area contributed by atoms with Crippen LogP contribution in [-0.2, 0) is 6.42 Å². The van der Waals surface area contributed by atoms with Crippen molar-refractivity contribution in [1.82, 2.24) is 0 Å². The molecule has 2 aliphatic carbocycles. The van der Waals surface area contributed by atoms with Crippen molar-refractivity contribution < 1.29 is 9.26 Å². The second-order valence-electron chi connectivity index (χ2n) is 7.49. The molecule has 2 aliphatic rings. The molecule has 0 radical (unpaired) electrons. The molecule has 1 aromatic carbocycles. The molecule has 23 heavy (non-hydrogen) atoms.